The van der Waals surface area contributed by atoms with Gasteiger partial charge in [-0.3, -0.25) is 0 Å². The Morgan fingerprint density at radius 3 is 0.714 bits per heavy atom. The van der Waals surface area contributed by atoms with Crippen LogP contribution in [0.5, 0.6) is 0 Å². The summed E-state index contributed by atoms with van der Waals surface area (Å²) in [6, 6.07) is 0. The summed E-state index contributed by atoms with van der Waals surface area (Å²) >= 11 is 0. The Morgan fingerprint density at radius 1 is 0.381 bits per heavy atom. The summed E-state index contributed by atoms with van der Waals surface area (Å²) in [5.74, 6) is -38.1. The Kier molecular flexibility index (Phi) is 4.80. The summed E-state index contributed by atoms with van der Waals surface area (Å²) in [6.07, 6.45) is -9.62. The molecule has 0 unspecified atom stereocenters. The molecule has 14 heteroatoms. The molecule has 0 fully saturated rings. The minimum absolute atomic E-state index is 4.81. The van der Waals surface area contributed by atoms with Crippen LogP contribution >= 0.6 is 0 Å². The van der Waals surface area contributed by atoms with Crippen molar-refractivity contribution in [2.75, 3.05) is 0 Å². The Balaban J connectivity index is 6.09. The largest absolute Gasteiger partial charge is 0.385 e. The van der Waals surface area contributed by atoms with Crippen LogP contribution < -0.4 is 0 Å². The molecule has 0 amide bonds. The molecule has 0 saturated carbocycles. The molecule has 0 atom stereocenters. The van der Waals surface area contributed by atoms with E-state index in [4.69, 9.17) is 0 Å². The second kappa shape index (κ2) is 5.04. The predicted octanol–water partition coefficient (Wildman–Crippen LogP) is 5.02. The van der Waals surface area contributed by atoms with Crippen molar-refractivity contribution in [3.8, 4) is 0 Å². The lowest BCUT2D eigenvalue weighted by Crippen LogP contribution is -2.68. The summed E-state index contributed by atoms with van der Waals surface area (Å²) in [7, 11) is 0. The van der Waals surface area contributed by atoms with Gasteiger partial charge >= 0.3 is 42.5 Å². The van der Waals surface area contributed by atoms with Gasteiger partial charge in [-0.1, -0.05) is 0 Å². The summed E-state index contributed by atoms with van der Waals surface area (Å²) in [5, 5.41) is 0. The highest BCUT2D eigenvalue weighted by Gasteiger charge is 2.89. The van der Waals surface area contributed by atoms with Gasteiger partial charge in [0.25, 0.3) is 0 Å². The van der Waals surface area contributed by atoms with Gasteiger partial charge in [-0.05, 0) is 0 Å². The zero-order chi connectivity index (χ0) is 17.7. The first-order valence-electron chi connectivity index (χ1n) is 4.15. The van der Waals surface area contributed by atoms with E-state index in [9.17, 15) is 61.5 Å². The smallest absolute Gasteiger partial charge is 0.192 e. The molecule has 0 aromatic carbocycles. The molecule has 0 aliphatic rings. The molecule has 0 aromatic rings. The molecule has 0 bridgehead atoms. The molecule has 0 rings (SSSR count). The third-order valence-electron chi connectivity index (χ3n) is 2.05. The fourth-order valence-electron chi connectivity index (χ4n) is 0.829. The average molecular weight is 350 g/mol. The summed E-state index contributed by atoms with van der Waals surface area (Å²) in [5.41, 5.74) is 0. The third-order valence-corrected chi connectivity index (χ3v) is 2.05. The van der Waals surface area contributed by atoms with Gasteiger partial charge in [0.2, 0.25) is 0 Å². The van der Waals surface area contributed by atoms with Gasteiger partial charge in [-0.15, -0.1) is 0 Å². The van der Waals surface area contributed by atoms with Gasteiger partial charge in [0.05, 0.1) is 0 Å². The standard InChI is InChI=1S/C7F14/c8-1(9)3(12,13)5(16,17)7(20,21)6(18,19)4(14,15)2(10)11. The summed E-state index contributed by atoms with van der Waals surface area (Å²) in [6.45, 7) is 0. The minimum atomic E-state index is -7.94. The van der Waals surface area contributed by atoms with E-state index in [-0.39, 0.29) is 0 Å². The van der Waals surface area contributed by atoms with Crippen LogP contribution in [-0.2, 0) is 0 Å². The van der Waals surface area contributed by atoms with Crippen LogP contribution in [-0.4, -0.2) is 29.6 Å². The van der Waals surface area contributed by atoms with Crippen LogP contribution in [0.15, 0.2) is 0 Å². The zero-order valence-electron chi connectivity index (χ0n) is 8.79. The molecule has 0 N–H and O–H groups in total. The SMILES string of the molecule is F[C](F)C(F)(F)C(F)(F)C(F)(F)C(F)(F)C(F)(F)[C](F)F. The van der Waals surface area contributed by atoms with E-state index < -0.39 is 42.5 Å². The van der Waals surface area contributed by atoms with Crippen LogP contribution in [0.25, 0.3) is 0 Å². The summed E-state index contributed by atoms with van der Waals surface area (Å²) in [4.78, 5) is 0. The fraction of sp³-hybridized carbons (Fsp3) is 0.714. The van der Waals surface area contributed by atoms with E-state index in [1.54, 1.807) is 0 Å². The highest BCUT2D eigenvalue weighted by atomic mass is 19.4. The maximum absolute atomic E-state index is 12.5. The van der Waals surface area contributed by atoms with Gasteiger partial charge in [-0.2, -0.15) is 61.5 Å². The van der Waals surface area contributed by atoms with Crippen LogP contribution in [0.4, 0.5) is 61.5 Å². The Bertz CT molecular complexity index is 334. The normalized spacial score (nSPS) is 16.0. The number of halogens is 14. The maximum Gasteiger partial charge on any atom is 0.385 e. The third kappa shape index (κ3) is 2.49. The molecule has 0 spiro atoms. The highest BCUT2D eigenvalue weighted by molar-refractivity contribution is 5.14. The van der Waals surface area contributed by atoms with Crippen molar-refractivity contribution in [2.24, 2.45) is 0 Å². The monoisotopic (exact) mass is 350 g/mol. The lowest BCUT2D eigenvalue weighted by molar-refractivity contribution is -0.406. The first-order valence-corrected chi connectivity index (χ1v) is 4.15. The van der Waals surface area contributed by atoms with Gasteiger partial charge in [-0.25, -0.2) is 0 Å². The van der Waals surface area contributed by atoms with Crippen LogP contribution in [0, 0.1) is 12.9 Å². The minimum Gasteiger partial charge on any atom is -0.192 e. The van der Waals surface area contributed by atoms with E-state index in [1.807, 2.05) is 0 Å². The molecule has 0 aliphatic carbocycles. The first-order chi connectivity index (χ1) is 8.89. The second-order valence-electron chi connectivity index (χ2n) is 3.39. The molecular formula is C7F14. The van der Waals surface area contributed by atoms with E-state index in [1.165, 1.54) is 0 Å². The lowest BCUT2D eigenvalue weighted by Gasteiger charge is -2.38. The van der Waals surface area contributed by atoms with Crippen molar-refractivity contribution >= 4 is 0 Å². The fourth-order valence-corrected chi connectivity index (χ4v) is 0.829. The summed E-state index contributed by atoms with van der Waals surface area (Å²) < 4.78 is 169. The van der Waals surface area contributed by atoms with E-state index in [0.29, 0.717) is 0 Å². The quantitative estimate of drug-likeness (QED) is 0.590. The lowest BCUT2D eigenvalue weighted by atomic mass is 9.94. The van der Waals surface area contributed by atoms with Crippen LogP contribution in [0.1, 0.15) is 0 Å². The Hall–Kier alpha value is -0.980. The number of hydrogen-bond donors (Lipinski definition) is 0. The molecule has 21 heavy (non-hydrogen) atoms. The average Bonchev–Trinajstić information content (AvgIpc) is 2.27. The molecular weight excluding hydrogens is 350 g/mol. The van der Waals surface area contributed by atoms with Crippen molar-refractivity contribution in [2.45, 2.75) is 29.6 Å². The molecule has 0 nitrogen and oxygen atoms in total. The van der Waals surface area contributed by atoms with E-state index in [0.717, 1.165) is 0 Å². The molecule has 0 heterocycles. The highest BCUT2D eigenvalue weighted by Crippen LogP contribution is 2.60. The second-order valence-corrected chi connectivity index (χ2v) is 3.39. The first kappa shape index (κ1) is 20.0. The molecule has 2 radical (unpaired) electrons. The van der Waals surface area contributed by atoms with Crippen molar-refractivity contribution in [1.82, 2.24) is 0 Å². The Labute approximate surface area is 105 Å². The Morgan fingerprint density at radius 2 is 0.571 bits per heavy atom. The van der Waals surface area contributed by atoms with Gasteiger partial charge < -0.3 is 0 Å². The molecule has 0 aromatic heterocycles. The van der Waals surface area contributed by atoms with E-state index >= 15 is 0 Å². The topological polar surface area (TPSA) is 0 Å². The van der Waals surface area contributed by atoms with Gasteiger partial charge in [0, 0.05) is 0 Å². The zero-order valence-corrected chi connectivity index (χ0v) is 8.79. The van der Waals surface area contributed by atoms with Crippen LogP contribution in [0.3, 0.4) is 0 Å². The van der Waals surface area contributed by atoms with Gasteiger partial charge in [0.1, 0.15) is 0 Å². The van der Waals surface area contributed by atoms with Crippen molar-refractivity contribution in [3.05, 3.63) is 12.9 Å². The number of hydrogen-bond acceptors (Lipinski definition) is 0. The van der Waals surface area contributed by atoms with Crippen molar-refractivity contribution < 1.29 is 61.5 Å². The van der Waals surface area contributed by atoms with E-state index in [2.05, 4.69) is 0 Å². The maximum atomic E-state index is 12.5. The molecule has 0 saturated heterocycles. The van der Waals surface area contributed by atoms with Crippen LogP contribution in [0.2, 0.25) is 0 Å². The predicted molar refractivity (Wildman–Crippen MR) is 35.7 cm³/mol. The van der Waals surface area contributed by atoms with Gasteiger partial charge in [0.15, 0.2) is 0 Å². The molecule has 126 valence electrons. The van der Waals surface area contributed by atoms with Crippen molar-refractivity contribution in [3.63, 3.8) is 0 Å². The van der Waals surface area contributed by atoms with Crippen molar-refractivity contribution in [1.29, 1.82) is 0 Å². The molecule has 0 aliphatic heterocycles. The number of alkyl halides is 10. The number of rotatable bonds is 6.